The van der Waals surface area contributed by atoms with Crippen LogP contribution in [0.3, 0.4) is 0 Å². The van der Waals surface area contributed by atoms with E-state index in [2.05, 4.69) is 15.5 Å². The Balaban J connectivity index is 1.57. The standard InChI is InChI=1S/C17H14N4O4/c22-15(18-13-7-4-8-14(11-13)21(23)24)9-10-16-19-20-17(25-16)12-5-2-1-3-6-12/h1-8,11H,9-10H2,(H,18,22). The number of carbonyl (C=O) groups is 1. The predicted molar refractivity (Wildman–Crippen MR) is 89.8 cm³/mol. The van der Waals surface area contributed by atoms with Crippen molar-refractivity contribution in [1.29, 1.82) is 0 Å². The molecule has 1 aromatic heterocycles. The lowest BCUT2D eigenvalue weighted by molar-refractivity contribution is -0.384. The number of nitro groups is 1. The molecule has 1 amide bonds. The van der Waals surface area contributed by atoms with Gasteiger partial charge in [0.2, 0.25) is 17.7 Å². The van der Waals surface area contributed by atoms with Crippen LogP contribution in [-0.2, 0) is 11.2 Å². The number of hydrogen-bond acceptors (Lipinski definition) is 6. The minimum absolute atomic E-state index is 0.0813. The highest BCUT2D eigenvalue weighted by Gasteiger charge is 2.12. The van der Waals surface area contributed by atoms with Gasteiger partial charge in [0, 0.05) is 36.2 Å². The first-order valence-electron chi connectivity index (χ1n) is 7.54. The fourth-order valence-electron chi connectivity index (χ4n) is 2.19. The highest BCUT2D eigenvalue weighted by atomic mass is 16.6. The molecule has 0 fully saturated rings. The van der Waals surface area contributed by atoms with Crippen molar-refractivity contribution in [3.05, 3.63) is 70.6 Å². The van der Waals surface area contributed by atoms with Crippen LogP contribution in [0.4, 0.5) is 11.4 Å². The van der Waals surface area contributed by atoms with Gasteiger partial charge < -0.3 is 9.73 Å². The second-order valence-electron chi connectivity index (χ2n) is 5.22. The summed E-state index contributed by atoms with van der Waals surface area (Å²) < 4.78 is 5.53. The van der Waals surface area contributed by atoms with Crippen LogP contribution in [0.15, 0.2) is 59.0 Å². The molecule has 0 saturated carbocycles. The summed E-state index contributed by atoms with van der Waals surface area (Å²) in [6.07, 6.45) is 0.402. The first-order valence-corrected chi connectivity index (χ1v) is 7.54. The number of anilines is 1. The third-order valence-electron chi connectivity index (χ3n) is 3.39. The van der Waals surface area contributed by atoms with Gasteiger partial charge in [-0.1, -0.05) is 24.3 Å². The van der Waals surface area contributed by atoms with E-state index in [0.717, 1.165) is 5.56 Å². The van der Waals surface area contributed by atoms with Gasteiger partial charge in [0.1, 0.15) is 0 Å². The van der Waals surface area contributed by atoms with E-state index in [0.29, 0.717) is 17.5 Å². The average molecular weight is 338 g/mol. The summed E-state index contributed by atoms with van der Waals surface area (Å²) in [6.45, 7) is 0. The van der Waals surface area contributed by atoms with Crippen LogP contribution < -0.4 is 5.32 Å². The molecule has 0 bridgehead atoms. The van der Waals surface area contributed by atoms with E-state index in [1.807, 2.05) is 30.3 Å². The number of rotatable bonds is 6. The fraction of sp³-hybridized carbons (Fsp3) is 0.118. The van der Waals surface area contributed by atoms with Crippen LogP contribution in [0.5, 0.6) is 0 Å². The molecule has 1 N–H and O–H groups in total. The first kappa shape index (κ1) is 16.3. The fourth-order valence-corrected chi connectivity index (χ4v) is 2.19. The number of aromatic nitrogens is 2. The van der Waals surface area contributed by atoms with Crippen molar-refractivity contribution in [2.45, 2.75) is 12.8 Å². The number of amides is 1. The van der Waals surface area contributed by atoms with E-state index < -0.39 is 4.92 Å². The highest BCUT2D eigenvalue weighted by Crippen LogP contribution is 2.19. The van der Waals surface area contributed by atoms with Crippen LogP contribution in [0.2, 0.25) is 0 Å². The number of benzene rings is 2. The second kappa shape index (κ2) is 7.35. The Kier molecular flexibility index (Phi) is 4.79. The Bertz CT molecular complexity index is 892. The molecule has 0 aliphatic rings. The van der Waals surface area contributed by atoms with E-state index in [-0.39, 0.29) is 24.4 Å². The molecule has 8 heteroatoms. The summed E-state index contributed by atoms with van der Waals surface area (Å²) in [5.41, 5.74) is 1.10. The molecular formula is C17H14N4O4. The van der Waals surface area contributed by atoms with Gasteiger partial charge in [0.25, 0.3) is 5.69 Å². The quantitative estimate of drug-likeness (QED) is 0.545. The summed E-state index contributed by atoms with van der Waals surface area (Å²) >= 11 is 0. The maximum Gasteiger partial charge on any atom is 0.271 e. The summed E-state index contributed by atoms with van der Waals surface area (Å²) in [6, 6.07) is 15.1. The summed E-state index contributed by atoms with van der Waals surface area (Å²) in [4.78, 5) is 22.2. The molecule has 0 aliphatic heterocycles. The molecule has 0 radical (unpaired) electrons. The van der Waals surface area contributed by atoms with Crippen LogP contribution in [0.25, 0.3) is 11.5 Å². The number of carbonyl (C=O) groups excluding carboxylic acids is 1. The number of hydrogen-bond donors (Lipinski definition) is 1. The molecule has 0 saturated heterocycles. The van der Waals surface area contributed by atoms with E-state index >= 15 is 0 Å². The first-order chi connectivity index (χ1) is 12.1. The van der Waals surface area contributed by atoms with Crippen molar-refractivity contribution in [3.8, 4) is 11.5 Å². The van der Waals surface area contributed by atoms with E-state index in [1.165, 1.54) is 18.2 Å². The molecule has 3 aromatic rings. The maximum absolute atomic E-state index is 12.0. The third-order valence-corrected chi connectivity index (χ3v) is 3.39. The van der Waals surface area contributed by atoms with Crippen molar-refractivity contribution in [2.75, 3.05) is 5.32 Å². The Hall–Kier alpha value is -3.55. The van der Waals surface area contributed by atoms with Crippen molar-refractivity contribution >= 4 is 17.3 Å². The third kappa shape index (κ3) is 4.25. The minimum atomic E-state index is -0.515. The van der Waals surface area contributed by atoms with Crippen LogP contribution in [0.1, 0.15) is 12.3 Å². The van der Waals surface area contributed by atoms with Crippen molar-refractivity contribution < 1.29 is 14.1 Å². The summed E-state index contributed by atoms with van der Waals surface area (Å²) in [5.74, 6) is 0.461. The Morgan fingerprint density at radius 2 is 1.92 bits per heavy atom. The zero-order valence-corrected chi connectivity index (χ0v) is 13.1. The van der Waals surface area contributed by atoms with Gasteiger partial charge in [-0.05, 0) is 18.2 Å². The van der Waals surface area contributed by atoms with Crippen molar-refractivity contribution in [3.63, 3.8) is 0 Å². The van der Waals surface area contributed by atoms with Gasteiger partial charge in [-0.2, -0.15) is 0 Å². The van der Waals surface area contributed by atoms with E-state index in [4.69, 9.17) is 4.42 Å². The second-order valence-corrected chi connectivity index (χ2v) is 5.22. The van der Waals surface area contributed by atoms with Gasteiger partial charge >= 0.3 is 0 Å². The molecule has 0 unspecified atom stereocenters. The molecule has 0 spiro atoms. The maximum atomic E-state index is 12.0. The largest absolute Gasteiger partial charge is 0.421 e. The zero-order chi connectivity index (χ0) is 17.6. The van der Waals surface area contributed by atoms with Crippen molar-refractivity contribution in [2.24, 2.45) is 0 Å². The van der Waals surface area contributed by atoms with Crippen LogP contribution in [-0.4, -0.2) is 21.0 Å². The molecule has 1 heterocycles. The smallest absolute Gasteiger partial charge is 0.271 e. The number of non-ortho nitro benzene ring substituents is 1. The number of aryl methyl sites for hydroxylation is 1. The van der Waals surface area contributed by atoms with Gasteiger partial charge in [0.15, 0.2) is 0 Å². The Labute approximate surface area is 142 Å². The highest BCUT2D eigenvalue weighted by molar-refractivity contribution is 5.91. The monoisotopic (exact) mass is 338 g/mol. The molecule has 25 heavy (non-hydrogen) atoms. The Morgan fingerprint density at radius 3 is 2.68 bits per heavy atom. The number of nitrogens with zero attached hydrogens (tertiary/aromatic N) is 3. The topological polar surface area (TPSA) is 111 Å². The predicted octanol–water partition coefficient (Wildman–Crippen LogP) is 3.22. The molecule has 3 rings (SSSR count). The van der Waals surface area contributed by atoms with Crippen LogP contribution in [0, 0.1) is 10.1 Å². The van der Waals surface area contributed by atoms with Gasteiger partial charge in [-0.3, -0.25) is 14.9 Å². The van der Waals surface area contributed by atoms with E-state index in [1.54, 1.807) is 6.07 Å². The normalized spacial score (nSPS) is 10.4. The zero-order valence-electron chi connectivity index (χ0n) is 13.1. The SMILES string of the molecule is O=C(CCc1nnc(-c2ccccc2)o1)Nc1cccc([N+](=O)[O-])c1. The number of nitro benzene ring substituents is 1. The minimum Gasteiger partial charge on any atom is -0.421 e. The molecule has 0 aliphatic carbocycles. The Morgan fingerprint density at radius 1 is 1.12 bits per heavy atom. The molecule has 0 atom stereocenters. The average Bonchev–Trinajstić information content (AvgIpc) is 3.10. The molecule has 8 nitrogen and oxygen atoms in total. The van der Waals surface area contributed by atoms with E-state index in [9.17, 15) is 14.9 Å². The lowest BCUT2D eigenvalue weighted by atomic mass is 10.2. The molecule has 126 valence electrons. The molecule has 2 aromatic carbocycles. The van der Waals surface area contributed by atoms with Gasteiger partial charge in [-0.25, -0.2) is 0 Å². The number of nitrogens with one attached hydrogen (secondary N) is 1. The molecular weight excluding hydrogens is 324 g/mol. The van der Waals surface area contributed by atoms with Gasteiger partial charge in [0.05, 0.1) is 4.92 Å². The van der Waals surface area contributed by atoms with Crippen LogP contribution >= 0.6 is 0 Å². The lowest BCUT2D eigenvalue weighted by Gasteiger charge is -2.03. The summed E-state index contributed by atoms with van der Waals surface area (Å²) in [5, 5.41) is 21.2. The summed E-state index contributed by atoms with van der Waals surface area (Å²) in [7, 11) is 0. The lowest BCUT2D eigenvalue weighted by Crippen LogP contribution is -2.12. The van der Waals surface area contributed by atoms with Crippen molar-refractivity contribution in [1.82, 2.24) is 10.2 Å². The van der Waals surface area contributed by atoms with Gasteiger partial charge in [-0.15, -0.1) is 10.2 Å².